The van der Waals surface area contributed by atoms with Crippen LogP contribution in [0.1, 0.15) is 6.92 Å². The van der Waals surface area contributed by atoms with Gasteiger partial charge in [0.2, 0.25) is 0 Å². The van der Waals surface area contributed by atoms with E-state index in [1.165, 1.54) is 0 Å². The molecule has 0 heterocycles. The molecule has 0 saturated heterocycles. The molecule has 14 heavy (non-hydrogen) atoms. The van der Waals surface area contributed by atoms with Crippen molar-refractivity contribution in [2.24, 2.45) is 0 Å². The Hall–Kier alpha value is 0.110. The van der Waals surface area contributed by atoms with E-state index in [9.17, 15) is 0 Å². The van der Waals surface area contributed by atoms with Gasteiger partial charge >= 0.3 is 0 Å². The number of rotatable bonds is 5. The first-order valence-electron chi connectivity index (χ1n) is 4.40. The van der Waals surface area contributed by atoms with Crippen LogP contribution in [0.2, 0.25) is 10.0 Å². The van der Waals surface area contributed by atoms with Gasteiger partial charge < -0.3 is 4.74 Å². The molecule has 0 aliphatic rings. The van der Waals surface area contributed by atoms with E-state index in [0.29, 0.717) is 10.0 Å². The number of halogens is 2. The smallest absolute Gasteiger partial charge is 0.0560 e. The van der Waals surface area contributed by atoms with Crippen molar-refractivity contribution in [2.45, 2.75) is 11.8 Å². The summed E-state index contributed by atoms with van der Waals surface area (Å²) in [7, 11) is 0. The third-order valence-electron chi connectivity index (χ3n) is 1.60. The van der Waals surface area contributed by atoms with E-state index in [-0.39, 0.29) is 0 Å². The van der Waals surface area contributed by atoms with Gasteiger partial charge in [0.25, 0.3) is 0 Å². The molecule has 78 valence electrons. The van der Waals surface area contributed by atoms with Crippen molar-refractivity contribution in [1.82, 2.24) is 0 Å². The second-order valence-corrected chi connectivity index (χ2v) is 4.52. The Morgan fingerprint density at radius 1 is 1.29 bits per heavy atom. The van der Waals surface area contributed by atoms with Crippen LogP contribution >= 0.6 is 35.0 Å². The summed E-state index contributed by atoms with van der Waals surface area (Å²) >= 11 is 13.6. The summed E-state index contributed by atoms with van der Waals surface area (Å²) in [6.07, 6.45) is 0. The van der Waals surface area contributed by atoms with Gasteiger partial charge in [0.1, 0.15) is 0 Å². The Balaban J connectivity index is 2.49. The van der Waals surface area contributed by atoms with E-state index in [4.69, 9.17) is 27.9 Å². The molecule has 0 radical (unpaired) electrons. The number of hydrogen-bond acceptors (Lipinski definition) is 2. The third-order valence-corrected chi connectivity index (χ3v) is 3.55. The van der Waals surface area contributed by atoms with Crippen molar-refractivity contribution in [1.29, 1.82) is 0 Å². The fraction of sp³-hybridized carbons (Fsp3) is 0.400. The summed E-state index contributed by atoms with van der Waals surface area (Å²) in [6.45, 7) is 3.45. The van der Waals surface area contributed by atoms with Crippen LogP contribution in [0.15, 0.2) is 23.1 Å². The number of benzene rings is 1. The summed E-state index contributed by atoms with van der Waals surface area (Å²) in [5, 5.41) is 1.41. The first-order chi connectivity index (χ1) is 6.75. The molecule has 1 rings (SSSR count). The molecule has 0 aliphatic carbocycles. The zero-order valence-electron chi connectivity index (χ0n) is 7.93. The summed E-state index contributed by atoms with van der Waals surface area (Å²) < 4.78 is 5.23. The zero-order valence-corrected chi connectivity index (χ0v) is 10.3. The first kappa shape index (κ1) is 12.2. The lowest BCUT2D eigenvalue weighted by Crippen LogP contribution is -1.95. The normalized spacial score (nSPS) is 10.5. The van der Waals surface area contributed by atoms with Crippen molar-refractivity contribution in [3.05, 3.63) is 28.2 Å². The van der Waals surface area contributed by atoms with Crippen LogP contribution < -0.4 is 0 Å². The quantitative estimate of drug-likeness (QED) is 0.575. The summed E-state index contributed by atoms with van der Waals surface area (Å²) in [6, 6.07) is 5.53. The molecule has 0 fully saturated rings. The number of ether oxygens (including phenoxy) is 1. The fourth-order valence-electron chi connectivity index (χ4n) is 0.967. The predicted octanol–water partition coefficient (Wildman–Crippen LogP) is 4.12. The molecule has 0 N–H and O–H groups in total. The number of thioether (sulfide) groups is 1. The zero-order chi connectivity index (χ0) is 10.4. The molecule has 0 bridgehead atoms. The molecular weight excluding hydrogens is 239 g/mol. The minimum Gasteiger partial charge on any atom is -0.381 e. The molecule has 0 spiro atoms. The van der Waals surface area contributed by atoms with Crippen LogP contribution in [-0.2, 0) is 4.74 Å². The highest BCUT2D eigenvalue weighted by molar-refractivity contribution is 7.99. The second-order valence-electron chi connectivity index (χ2n) is 2.60. The van der Waals surface area contributed by atoms with E-state index in [2.05, 4.69) is 0 Å². The molecule has 0 unspecified atom stereocenters. The minimum absolute atomic E-state index is 0.707. The topological polar surface area (TPSA) is 9.23 Å². The predicted molar refractivity (Wildman–Crippen MR) is 63.7 cm³/mol. The van der Waals surface area contributed by atoms with Gasteiger partial charge in [-0.1, -0.05) is 29.3 Å². The van der Waals surface area contributed by atoms with Crippen LogP contribution in [-0.4, -0.2) is 19.0 Å². The maximum absolute atomic E-state index is 6.00. The van der Waals surface area contributed by atoms with Crippen molar-refractivity contribution in [3.8, 4) is 0 Å². The monoisotopic (exact) mass is 250 g/mol. The van der Waals surface area contributed by atoms with Crippen molar-refractivity contribution >= 4 is 35.0 Å². The van der Waals surface area contributed by atoms with E-state index < -0.39 is 0 Å². The maximum Gasteiger partial charge on any atom is 0.0560 e. The van der Waals surface area contributed by atoms with Crippen LogP contribution in [0, 0.1) is 0 Å². The Morgan fingerprint density at radius 2 is 1.93 bits per heavy atom. The largest absolute Gasteiger partial charge is 0.381 e. The highest BCUT2D eigenvalue weighted by atomic mass is 35.5. The lowest BCUT2D eigenvalue weighted by molar-refractivity contribution is 0.164. The van der Waals surface area contributed by atoms with Gasteiger partial charge in [-0.05, 0) is 19.1 Å². The van der Waals surface area contributed by atoms with Crippen molar-refractivity contribution in [2.75, 3.05) is 19.0 Å². The van der Waals surface area contributed by atoms with Crippen LogP contribution in [0.4, 0.5) is 0 Å². The molecule has 0 atom stereocenters. The van der Waals surface area contributed by atoms with E-state index >= 15 is 0 Å². The van der Waals surface area contributed by atoms with Crippen LogP contribution in [0.5, 0.6) is 0 Å². The Labute approximate surface area is 98.7 Å². The summed E-state index contributed by atoms with van der Waals surface area (Å²) in [5.74, 6) is 0.872. The Bertz CT molecular complexity index is 271. The van der Waals surface area contributed by atoms with Gasteiger partial charge in [-0.25, -0.2) is 0 Å². The average molecular weight is 251 g/mol. The molecular formula is C10H12Cl2OS. The highest BCUT2D eigenvalue weighted by Crippen LogP contribution is 2.33. The van der Waals surface area contributed by atoms with Gasteiger partial charge in [0.15, 0.2) is 0 Å². The van der Waals surface area contributed by atoms with Crippen molar-refractivity contribution in [3.63, 3.8) is 0 Å². The Morgan fingerprint density at radius 3 is 2.50 bits per heavy atom. The molecule has 0 amide bonds. The lowest BCUT2D eigenvalue weighted by atomic mass is 10.4. The van der Waals surface area contributed by atoms with Gasteiger partial charge in [0, 0.05) is 17.3 Å². The fourth-order valence-corrected chi connectivity index (χ4v) is 2.51. The van der Waals surface area contributed by atoms with E-state index in [1.54, 1.807) is 11.8 Å². The number of hydrogen-bond donors (Lipinski definition) is 0. The molecule has 0 aliphatic heterocycles. The summed E-state index contributed by atoms with van der Waals surface area (Å²) in [4.78, 5) is 0.940. The maximum atomic E-state index is 6.00. The SMILES string of the molecule is CCOCCSc1c(Cl)cccc1Cl. The van der Waals surface area contributed by atoms with Gasteiger partial charge in [0.05, 0.1) is 16.7 Å². The average Bonchev–Trinajstić information content (AvgIpc) is 2.16. The highest BCUT2D eigenvalue weighted by Gasteiger charge is 2.04. The third kappa shape index (κ3) is 3.70. The molecule has 0 saturated carbocycles. The first-order valence-corrected chi connectivity index (χ1v) is 6.14. The van der Waals surface area contributed by atoms with E-state index in [1.807, 2.05) is 25.1 Å². The lowest BCUT2D eigenvalue weighted by Gasteiger charge is -2.05. The van der Waals surface area contributed by atoms with Gasteiger partial charge in [-0.2, -0.15) is 0 Å². The molecule has 1 aromatic rings. The van der Waals surface area contributed by atoms with Gasteiger partial charge in [-0.3, -0.25) is 0 Å². The standard InChI is InChI=1S/C10H12Cl2OS/c1-2-13-6-7-14-10-8(11)4-3-5-9(10)12/h3-5H,2,6-7H2,1H3. The minimum atomic E-state index is 0.707. The molecule has 1 nitrogen and oxygen atoms in total. The molecule has 0 aromatic heterocycles. The molecule has 4 heteroatoms. The molecule has 1 aromatic carbocycles. The second kappa shape index (κ2) is 6.57. The Kier molecular flexibility index (Phi) is 5.71. The van der Waals surface area contributed by atoms with Gasteiger partial charge in [-0.15, -0.1) is 11.8 Å². The van der Waals surface area contributed by atoms with E-state index in [0.717, 1.165) is 23.9 Å². The summed E-state index contributed by atoms with van der Waals surface area (Å²) in [5.41, 5.74) is 0. The van der Waals surface area contributed by atoms with Crippen LogP contribution in [0.25, 0.3) is 0 Å². The van der Waals surface area contributed by atoms with Crippen LogP contribution in [0.3, 0.4) is 0 Å². The van der Waals surface area contributed by atoms with Crippen molar-refractivity contribution < 1.29 is 4.74 Å².